The zero-order valence-electron chi connectivity index (χ0n) is 21.1. The van der Waals surface area contributed by atoms with Gasteiger partial charge in [0.25, 0.3) is 5.91 Å². The van der Waals surface area contributed by atoms with Gasteiger partial charge in [0.05, 0.1) is 24.5 Å². The number of ether oxygens (including phenoxy) is 1. The van der Waals surface area contributed by atoms with Crippen LogP contribution in [0.1, 0.15) is 25.7 Å². The van der Waals surface area contributed by atoms with Gasteiger partial charge in [-0.15, -0.1) is 0 Å². The predicted molar refractivity (Wildman–Crippen MR) is 144 cm³/mol. The third-order valence-corrected chi connectivity index (χ3v) is 7.13. The highest BCUT2D eigenvalue weighted by atomic mass is 19.1. The van der Waals surface area contributed by atoms with E-state index < -0.39 is 5.82 Å². The highest BCUT2D eigenvalue weighted by Crippen LogP contribution is 2.34. The van der Waals surface area contributed by atoms with E-state index in [9.17, 15) is 9.18 Å². The minimum absolute atomic E-state index is 0.120. The van der Waals surface area contributed by atoms with Gasteiger partial charge in [0.2, 0.25) is 5.70 Å². The number of benzene rings is 2. The maximum atomic E-state index is 14.0. The van der Waals surface area contributed by atoms with Gasteiger partial charge in [0.1, 0.15) is 23.6 Å². The van der Waals surface area contributed by atoms with Crippen molar-refractivity contribution in [3.63, 3.8) is 0 Å². The van der Waals surface area contributed by atoms with Crippen molar-refractivity contribution < 1.29 is 13.9 Å². The van der Waals surface area contributed by atoms with Crippen molar-refractivity contribution in [2.45, 2.75) is 38.3 Å². The summed E-state index contributed by atoms with van der Waals surface area (Å²) in [4.78, 5) is 27.2. The molecule has 1 aliphatic heterocycles. The molecule has 0 bridgehead atoms. The highest BCUT2D eigenvalue weighted by Gasteiger charge is 2.33. The van der Waals surface area contributed by atoms with Crippen molar-refractivity contribution >= 4 is 22.8 Å². The summed E-state index contributed by atoms with van der Waals surface area (Å²) in [5.41, 5.74) is 8.42. The fourth-order valence-electron chi connectivity index (χ4n) is 4.98. The standard InChI is InChI=1S/C29H26FN7O2/c1-32-23(15-18-8-9-18)29(38)36-14-4-5-20(36)16-37-28-25(27(31)33-17-34-28)26(35-37)19-10-12-21(13-11-19)39-24-7-3-2-6-22(24)30/h2-3,6-7,10-13,15,17-18,20H,4-5,8-9,14,16H2,(H2,31,33,34)/t20-/m1/s1. The SMILES string of the molecule is [C-]#[N+]C(=CC1CC1)C(=O)N1CCC[C@@H]1Cn1nc(-c2ccc(Oc3ccccc3F)cc2)c2c(N)ncnc21. The Labute approximate surface area is 224 Å². The average molecular weight is 524 g/mol. The minimum atomic E-state index is -0.442. The van der Waals surface area contributed by atoms with Gasteiger partial charge in [0, 0.05) is 12.1 Å². The van der Waals surface area contributed by atoms with Gasteiger partial charge in [-0.1, -0.05) is 18.2 Å². The van der Waals surface area contributed by atoms with Gasteiger partial charge >= 0.3 is 0 Å². The predicted octanol–water partition coefficient (Wildman–Crippen LogP) is 5.21. The van der Waals surface area contributed by atoms with E-state index in [1.807, 2.05) is 18.2 Å². The van der Waals surface area contributed by atoms with E-state index in [0.717, 1.165) is 31.2 Å². The second kappa shape index (κ2) is 10.2. The maximum absolute atomic E-state index is 14.0. The number of aromatic nitrogens is 4. The summed E-state index contributed by atoms with van der Waals surface area (Å²) in [6.45, 7) is 8.54. The lowest BCUT2D eigenvalue weighted by Crippen LogP contribution is -2.38. The molecule has 2 aromatic heterocycles. The average Bonchev–Trinajstić information content (AvgIpc) is 3.52. The zero-order valence-corrected chi connectivity index (χ0v) is 21.1. The van der Waals surface area contributed by atoms with Crippen LogP contribution in [0.3, 0.4) is 0 Å². The van der Waals surface area contributed by atoms with Crippen LogP contribution in [-0.2, 0) is 11.3 Å². The van der Waals surface area contributed by atoms with Gasteiger partial charge in [0.15, 0.2) is 17.2 Å². The van der Waals surface area contributed by atoms with Crippen LogP contribution in [0.15, 0.2) is 66.6 Å². The third-order valence-electron chi connectivity index (χ3n) is 7.13. The van der Waals surface area contributed by atoms with Crippen LogP contribution in [0, 0.1) is 18.3 Å². The first-order valence-electron chi connectivity index (χ1n) is 12.9. The lowest BCUT2D eigenvalue weighted by Gasteiger charge is -2.24. The number of fused-ring (bicyclic) bond motifs is 1. The largest absolute Gasteiger partial charge is 0.454 e. The third kappa shape index (κ3) is 4.91. The lowest BCUT2D eigenvalue weighted by molar-refractivity contribution is -0.127. The van der Waals surface area contributed by atoms with Gasteiger partial charge in [-0.05, 0) is 68.0 Å². The smallest absolute Gasteiger partial charge is 0.252 e. The Bertz CT molecular complexity index is 1620. The summed E-state index contributed by atoms with van der Waals surface area (Å²) < 4.78 is 21.5. The van der Waals surface area contributed by atoms with E-state index in [-0.39, 0.29) is 23.4 Å². The van der Waals surface area contributed by atoms with Crippen molar-refractivity contribution in [3.8, 4) is 22.8 Å². The maximum Gasteiger partial charge on any atom is 0.252 e. The molecule has 6 rings (SSSR count). The van der Waals surface area contributed by atoms with Crippen LogP contribution in [-0.4, -0.2) is 43.1 Å². The number of halogens is 1. The monoisotopic (exact) mass is 523 g/mol. The molecule has 9 nitrogen and oxygen atoms in total. The van der Waals surface area contributed by atoms with Crippen LogP contribution < -0.4 is 10.5 Å². The zero-order chi connectivity index (χ0) is 26.9. The summed E-state index contributed by atoms with van der Waals surface area (Å²) >= 11 is 0. The van der Waals surface area contributed by atoms with Crippen LogP contribution in [0.4, 0.5) is 10.2 Å². The van der Waals surface area contributed by atoms with Crippen LogP contribution in [0.5, 0.6) is 11.5 Å². The second-order valence-corrected chi connectivity index (χ2v) is 9.84. The molecule has 1 amide bonds. The topological polar surface area (TPSA) is 104 Å². The number of likely N-dealkylation sites (tertiary alicyclic amines) is 1. The van der Waals surface area contributed by atoms with Crippen LogP contribution >= 0.6 is 0 Å². The van der Waals surface area contributed by atoms with Crippen molar-refractivity contribution in [2.24, 2.45) is 5.92 Å². The molecule has 1 saturated carbocycles. The molecular formula is C29H26FN7O2. The number of anilines is 1. The van der Waals surface area contributed by atoms with E-state index in [1.54, 1.807) is 39.9 Å². The Morgan fingerprint density at radius 1 is 1.15 bits per heavy atom. The molecule has 196 valence electrons. The van der Waals surface area contributed by atoms with E-state index in [1.165, 1.54) is 12.4 Å². The number of nitrogens with zero attached hydrogens (tertiary/aromatic N) is 6. The van der Waals surface area contributed by atoms with Gasteiger partial charge in [-0.25, -0.2) is 23.9 Å². The first-order valence-corrected chi connectivity index (χ1v) is 12.9. The van der Waals surface area contributed by atoms with Gasteiger partial charge < -0.3 is 15.4 Å². The number of nitrogen functional groups attached to an aromatic ring is 1. The normalized spacial score (nSPS) is 17.4. The Balaban J connectivity index is 1.29. The van der Waals surface area contributed by atoms with Crippen LogP contribution in [0.25, 0.3) is 27.1 Å². The molecule has 2 N–H and O–H groups in total. The Hall–Kier alpha value is -4.78. The van der Waals surface area contributed by atoms with E-state index in [0.29, 0.717) is 47.3 Å². The lowest BCUT2D eigenvalue weighted by atomic mass is 10.1. The number of rotatable bonds is 7. The quantitative estimate of drug-likeness (QED) is 0.263. The molecule has 0 unspecified atom stereocenters. The number of carbonyl (C=O) groups excluding carboxylic acids is 1. The van der Waals surface area contributed by atoms with Crippen molar-refractivity contribution in [1.29, 1.82) is 0 Å². The van der Waals surface area contributed by atoms with Crippen molar-refractivity contribution in [3.05, 3.63) is 83.9 Å². The summed E-state index contributed by atoms with van der Waals surface area (Å²) in [6, 6.07) is 13.2. The Morgan fingerprint density at radius 3 is 2.69 bits per heavy atom. The fraction of sp³-hybridized carbons (Fsp3) is 0.276. The molecule has 39 heavy (non-hydrogen) atoms. The molecule has 1 atom stereocenters. The number of amides is 1. The summed E-state index contributed by atoms with van der Waals surface area (Å²) in [7, 11) is 0. The molecule has 0 radical (unpaired) electrons. The Kier molecular flexibility index (Phi) is 6.40. The molecule has 2 aliphatic rings. The Morgan fingerprint density at radius 2 is 1.95 bits per heavy atom. The molecule has 1 saturated heterocycles. The van der Waals surface area contributed by atoms with Gasteiger partial charge in [-0.2, -0.15) is 5.10 Å². The van der Waals surface area contributed by atoms with E-state index in [2.05, 4.69) is 14.8 Å². The number of carbonyl (C=O) groups is 1. The molecule has 1 aliphatic carbocycles. The molecule has 10 heteroatoms. The van der Waals surface area contributed by atoms with Crippen molar-refractivity contribution in [2.75, 3.05) is 12.3 Å². The van der Waals surface area contributed by atoms with Gasteiger partial charge in [-0.3, -0.25) is 4.79 Å². The van der Waals surface area contributed by atoms with E-state index in [4.69, 9.17) is 22.1 Å². The molecule has 0 spiro atoms. The first kappa shape index (κ1) is 24.6. The van der Waals surface area contributed by atoms with Crippen LogP contribution in [0.2, 0.25) is 0 Å². The molecule has 2 aromatic carbocycles. The molecule has 3 heterocycles. The number of hydrogen-bond acceptors (Lipinski definition) is 6. The first-order chi connectivity index (χ1) is 19.0. The number of hydrogen-bond donors (Lipinski definition) is 1. The molecular weight excluding hydrogens is 497 g/mol. The highest BCUT2D eigenvalue weighted by molar-refractivity contribution is 5.98. The summed E-state index contributed by atoms with van der Waals surface area (Å²) in [5.74, 6) is 0.612. The number of allylic oxidation sites excluding steroid dienone is 1. The minimum Gasteiger partial charge on any atom is -0.454 e. The van der Waals surface area contributed by atoms with Crippen molar-refractivity contribution in [1.82, 2.24) is 24.6 Å². The summed E-state index contributed by atoms with van der Waals surface area (Å²) in [5, 5.41) is 5.47. The number of para-hydroxylation sites is 1. The number of nitrogens with two attached hydrogens (primary N) is 1. The van der Waals surface area contributed by atoms with E-state index >= 15 is 0 Å². The molecule has 2 fully saturated rings. The fourth-order valence-corrected chi connectivity index (χ4v) is 4.98. The second-order valence-electron chi connectivity index (χ2n) is 9.84. The molecule has 4 aromatic rings. The summed E-state index contributed by atoms with van der Waals surface area (Å²) in [6.07, 6.45) is 6.96.